The Morgan fingerprint density at radius 3 is 2.58 bits per heavy atom. The van der Waals surface area contributed by atoms with Crippen molar-refractivity contribution in [1.29, 1.82) is 0 Å². The number of nitrogens with zero attached hydrogens (tertiary/aromatic N) is 1. The molecule has 0 aromatic carbocycles. The van der Waals surface area contributed by atoms with E-state index in [2.05, 4.69) is 24.1 Å². The first-order valence-corrected chi connectivity index (χ1v) is 6.37. The molecule has 0 aliphatic carbocycles. The van der Waals surface area contributed by atoms with Crippen LogP contribution in [0.1, 0.15) is 25.8 Å². The van der Waals surface area contributed by atoms with Crippen molar-refractivity contribution in [2.45, 2.75) is 32.9 Å². The minimum absolute atomic E-state index is 0.227. The number of carbonyl (C=O) groups is 1. The number of hydrogen-bond acceptors (Lipinski definition) is 5. The van der Waals surface area contributed by atoms with Gasteiger partial charge in [0.25, 0.3) is 0 Å². The van der Waals surface area contributed by atoms with Gasteiger partial charge in [-0.25, -0.2) is 4.98 Å². The van der Waals surface area contributed by atoms with Gasteiger partial charge in [-0.15, -0.1) is 0 Å². The number of rotatable bonds is 7. The molecule has 1 N–H and O–H groups in total. The average Bonchev–Trinajstić information content (AvgIpc) is 2.42. The van der Waals surface area contributed by atoms with E-state index in [1.54, 1.807) is 19.4 Å². The SMILES string of the molecule is COC(=O)C(CC(C)C)NCc1ccc(OC)nc1. The van der Waals surface area contributed by atoms with E-state index in [1.807, 2.05) is 6.07 Å². The van der Waals surface area contributed by atoms with Gasteiger partial charge in [0.05, 0.1) is 14.2 Å². The molecule has 0 aliphatic heterocycles. The molecule has 0 saturated heterocycles. The highest BCUT2D eigenvalue weighted by molar-refractivity contribution is 5.75. The van der Waals surface area contributed by atoms with Gasteiger partial charge in [-0.1, -0.05) is 19.9 Å². The topological polar surface area (TPSA) is 60.5 Å². The number of pyridine rings is 1. The third-order valence-corrected chi connectivity index (χ3v) is 2.75. The minimum atomic E-state index is -0.285. The Bertz CT molecular complexity index is 390. The van der Waals surface area contributed by atoms with Crippen LogP contribution in [-0.4, -0.2) is 31.2 Å². The first-order chi connectivity index (χ1) is 9.06. The lowest BCUT2D eigenvalue weighted by molar-refractivity contribution is -0.143. The monoisotopic (exact) mass is 266 g/mol. The Kier molecular flexibility index (Phi) is 6.29. The molecule has 1 atom stereocenters. The molecule has 0 fully saturated rings. The van der Waals surface area contributed by atoms with Crippen LogP contribution in [0.5, 0.6) is 5.88 Å². The Hall–Kier alpha value is -1.62. The molecule has 0 radical (unpaired) electrons. The second-order valence-electron chi connectivity index (χ2n) is 4.80. The summed E-state index contributed by atoms with van der Waals surface area (Å²) in [4.78, 5) is 15.8. The van der Waals surface area contributed by atoms with E-state index in [4.69, 9.17) is 9.47 Å². The van der Waals surface area contributed by atoms with Crippen LogP contribution in [0, 0.1) is 5.92 Å². The van der Waals surface area contributed by atoms with Crippen molar-refractivity contribution >= 4 is 5.97 Å². The normalized spacial score (nSPS) is 12.3. The summed E-state index contributed by atoms with van der Waals surface area (Å²) in [5.41, 5.74) is 0.999. The van der Waals surface area contributed by atoms with Gasteiger partial charge in [0.2, 0.25) is 5.88 Å². The van der Waals surface area contributed by atoms with E-state index in [-0.39, 0.29) is 12.0 Å². The van der Waals surface area contributed by atoms with Crippen LogP contribution in [-0.2, 0) is 16.1 Å². The lowest BCUT2D eigenvalue weighted by atomic mass is 10.0. The maximum atomic E-state index is 11.6. The Balaban J connectivity index is 2.56. The summed E-state index contributed by atoms with van der Waals surface area (Å²) in [6.07, 6.45) is 2.48. The second kappa shape index (κ2) is 7.74. The number of ether oxygens (including phenoxy) is 2. The molecule has 1 aromatic heterocycles. The zero-order valence-corrected chi connectivity index (χ0v) is 12.0. The van der Waals surface area contributed by atoms with Gasteiger partial charge in [0.15, 0.2) is 0 Å². The maximum absolute atomic E-state index is 11.6. The molecule has 1 unspecified atom stereocenters. The Morgan fingerprint density at radius 1 is 1.37 bits per heavy atom. The summed E-state index contributed by atoms with van der Waals surface area (Å²) >= 11 is 0. The molecule has 0 aliphatic rings. The maximum Gasteiger partial charge on any atom is 0.322 e. The molecule has 1 heterocycles. The number of methoxy groups -OCH3 is 2. The van der Waals surface area contributed by atoms with Crippen LogP contribution < -0.4 is 10.1 Å². The summed E-state index contributed by atoms with van der Waals surface area (Å²) < 4.78 is 9.80. The van der Waals surface area contributed by atoms with Gasteiger partial charge < -0.3 is 14.8 Å². The number of carbonyl (C=O) groups excluding carboxylic acids is 1. The van der Waals surface area contributed by atoms with Gasteiger partial charge in [0, 0.05) is 18.8 Å². The quantitative estimate of drug-likeness (QED) is 0.762. The van der Waals surface area contributed by atoms with Crippen LogP contribution in [0.3, 0.4) is 0 Å². The summed E-state index contributed by atoms with van der Waals surface area (Å²) in [6.45, 7) is 4.72. The number of hydrogen-bond donors (Lipinski definition) is 1. The molecule has 19 heavy (non-hydrogen) atoms. The highest BCUT2D eigenvalue weighted by Crippen LogP contribution is 2.09. The number of nitrogens with one attached hydrogen (secondary N) is 1. The predicted molar refractivity (Wildman–Crippen MR) is 72.9 cm³/mol. The molecular weight excluding hydrogens is 244 g/mol. The molecule has 0 amide bonds. The van der Waals surface area contributed by atoms with Crippen molar-refractivity contribution in [3.8, 4) is 5.88 Å². The van der Waals surface area contributed by atoms with Crippen molar-refractivity contribution in [3.63, 3.8) is 0 Å². The standard InChI is InChI=1S/C14H22N2O3/c1-10(2)7-12(14(17)19-4)15-8-11-5-6-13(18-3)16-9-11/h5-6,9-10,12,15H,7-8H2,1-4H3. The fourth-order valence-electron chi connectivity index (χ4n) is 1.75. The van der Waals surface area contributed by atoms with Crippen LogP contribution in [0.15, 0.2) is 18.3 Å². The zero-order chi connectivity index (χ0) is 14.3. The van der Waals surface area contributed by atoms with E-state index in [9.17, 15) is 4.79 Å². The van der Waals surface area contributed by atoms with Gasteiger partial charge in [0.1, 0.15) is 6.04 Å². The fraction of sp³-hybridized carbons (Fsp3) is 0.571. The smallest absolute Gasteiger partial charge is 0.322 e. The molecule has 106 valence electrons. The molecule has 5 nitrogen and oxygen atoms in total. The first kappa shape index (κ1) is 15.4. The predicted octanol–water partition coefficient (Wildman–Crippen LogP) is 1.77. The lowest BCUT2D eigenvalue weighted by Crippen LogP contribution is -2.38. The lowest BCUT2D eigenvalue weighted by Gasteiger charge is -2.18. The van der Waals surface area contributed by atoms with Crippen molar-refractivity contribution in [3.05, 3.63) is 23.9 Å². The van der Waals surface area contributed by atoms with Crippen LogP contribution in [0.4, 0.5) is 0 Å². The fourth-order valence-corrected chi connectivity index (χ4v) is 1.75. The molecule has 5 heteroatoms. The van der Waals surface area contributed by atoms with Crippen molar-refractivity contribution < 1.29 is 14.3 Å². The molecule has 1 rings (SSSR count). The number of esters is 1. The zero-order valence-electron chi connectivity index (χ0n) is 12.0. The van der Waals surface area contributed by atoms with E-state index >= 15 is 0 Å². The van der Waals surface area contributed by atoms with Gasteiger partial charge >= 0.3 is 5.97 Å². The van der Waals surface area contributed by atoms with E-state index in [1.165, 1.54) is 7.11 Å². The van der Waals surface area contributed by atoms with E-state index < -0.39 is 0 Å². The van der Waals surface area contributed by atoms with Crippen molar-refractivity contribution in [2.75, 3.05) is 14.2 Å². The molecular formula is C14H22N2O3. The molecule has 1 aromatic rings. The molecule has 0 bridgehead atoms. The number of aromatic nitrogens is 1. The average molecular weight is 266 g/mol. The van der Waals surface area contributed by atoms with Gasteiger partial charge in [-0.3, -0.25) is 4.79 Å². The summed E-state index contributed by atoms with van der Waals surface area (Å²) in [6, 6.07) is 3.43. The Morgan fingerprint density at radius 2 is 2.11 bits per heavy atom. The first-order valence-electron chi connectivity index (χ1n) is 6.37. The third kappa shape index (κ3) is 5.26. The second-order valence-corrected chi connectivity index (χ2v) is 4.80. The van der Waals surface area contributed by atoms with Crippen LogP contribution in [0.2, 0.25) is 0 Å². The summed E-state index contributed by atoms with van der Waals surface area (Å²) in [5, 5.41) is 3.20. The minimum Gasteiger partial charge on any atom is -0.481 e. The molecule has 0 saturated carbocycles. The van der Waals surface area contributed by atoms with Gasteiger partial charge in [-0.05, 0) is 17.9 Å². The highest BCUT2D eigenvalue weighted by atomic mass is 16.5. The van der Waals surface area contributed by atoms with Gasteiger partial charge in [-0.2, -0.15) is 0 Å². The largest absolute Gasteiger partial charge is 0.481 e. The molecule has 0 spiro atoms. The van der Waals surface area contributed by atoms with Crippen LogP contribution in [0.25, 0.3) is 0 Å². The summed E-state index contributed by atoms with van der Waals surface area (Å²) in [5.74, 6) is 0.774. The van der Waals surface area contributed by atoms with Crippen molar-refractivity contribution in [1.82, 2.24) is 10.3 Å². The van der Waals surface area contributed by atoms with Crippen LogP contribution >= 0.6 is 0 Å². The van der Waals surface area contributed by atoms with Crippen molar-refractivity contribution in [2.24, 2.45) is 5.92 Å². The van der Waals surface area contributed by atoms with E-state index in [0.717, 1.165) is 12.0 Å². The highest BCUT2D eigenvalue weighted by Gasteiger charge is 2.19. The third-order valence-electron chi connectivity index (χ3n) is 2.75. The summed E-state index contributed by atoms with van der Waals surface area (Å²) in [7, 11) is 2.99. The van der Waals surface area contributed by atoms with E-state index in [0.29, 0.717) is 18.3 Å². The Labute approximate surface area is 114 Å².